The molecule has 0 aliphatic carbocycles. The molecule has 1 aromatic carbocycles. The number of aromatic hydroxyl groups is 1. The molecule has 0 fully saturated rings. The van der Waals surface area contributed by atoms with Crippen molar-refractivity contribution < 1.29 is 24.3 Å². The first-order chi connectivity index (χ1) is 9.52. The Hall–Kier alpha value is -1.73. The van der Waals surface area contributed by atoms with Crippen molar-refractivity contribution in [2.24, 2.45) is 0 Å². The van der Waals surface area contributed by atoms with E-state index in [4.69, 9.17) is 9.39 Å². The summed E-state index contributed by atoms with van der Waals surface area (Å²) in [6.07, 6.45) is 0.440. The smallest absolute Gasteiger partial charge is 0.534 e. The van der Waals surface area contributed by atoms with Crippen LogP contribution < -0.4 is 9.97 Å². The molecular weight excluding hydrogens is 261 g/mol. The number of amides is 1. The van der Waals surface area contributed by atoms with Crippen LogP contribution in [0.2, 0.25) is 0 Å². The molecule has 1 aromatic rings. The molecule has 20 heavy (non-hydrogen) atoms. The van der Waals surface area contributed by atoms with E-state index in [9.17, 15) is 14.9 Å². The second kappa shape index (κ2) is 6.15. The number of benzene rings is 1. The van der Waals surface area contributed by atoms with E-state index in [-0.39, 0.29) is 18.3 Å². The second-order valence-corrected chi connectivity index (χ2v) is 4.71. The van der Waals surface area contributed by atoms with Crippen LogP contribution in [0.5, 0.6) is 11.5 Å². The van der Waals surface area contributed by atoms with Crippen LogP contribution in [0, 0.1) is 0 Å². The molecule has 1 aliphatic rings. The molecule has 0 aromatic heterocycles. The summed E-state index contributed by atoms with van der Waals surface area (Å²) in [7, 11) is -1.14. The predicted octanol–water partition coefficient (Wildman–Crippen LogP) is 0.388. The number of carbonyl (C=O) groups is 1. The van der Waals surface area contributed by atoms with E-state index in [1.54, 1.807) is 12.1 Å². The number of nitrogens with one attached hydrogen (secondary N) is 1. The van der Waals surface area contributed by atoms with Crippen molar-refractivity contribution in [3.8, 4) is 11.5 Å². The van der Waals surface area contributed by atoms with Crippen molar-refractivity contribution in [1.29, 1.82) is 0 Å². The van der Waals surface area contributed by atoms with Gasteiger partial charge in [0.1, 0.15) is 11.5 Å². The summed E-state index contributed by atoms with van der Waals surface area (Å²) in [5.74, 6) is -0.214. The van der Waals surface area contributed by atoms with E-state index in [0.29, 0.717) is 24.3 Å². The van der Waals surface area contributed by atoms with Gasteiger partial charge in [0.05, 0.1) is 18.1 Å². The molecular formula is C13H18BNO5. The number of fused-ring (bicyclic) bond motifs is 1. The average molecular weight is 279 g/mol. The molecule has 108 valence electrons. The van der Waals surface area contributed by atoms with Gasteiger partial charge in [0.2, 0.25) is 5.91 Å². The van der Waals surface area contributed by atoms with Crippen molar-refractivity contribution in [3.63, 3.8) is 0 Å². The number of rotatable bonds is 4. The summed E-state index contributed by atoms with van der Waals surface area (Å²) in [5, 5.41) is 22.5. The van der Waals surface area contributed by atoms with Crippen LogP contribution in [0.4, 0.5) is 0 Å². The second-order valence-electron chi connectivity index (χ2n) is 4.71. The first-order valence-electron chi connectivity index (χ1n) is 6.56. The van der Waals surface area contributed by atoms with Crippen LogP contribution in [0.1, 0.15) is 25.0 Å². The topological polar surface area (TPSA) is 88.0 Å². The third kappa shape index (κ3) is 3.05. The molecule has 1 atom stereocenters. The van der Waals surface area contributed by atoms with Gasteiger partial charge in [0.25, 0.3) is 0 Å². The van der Waals surface area contributed by atoms with Crippen molar-refractivity contribution in [3.05, 3.63) is 23.3 Å². The highest BCUT2D eigenvalue weighted by Crippen LogP contribution is 2.36. The van der Waals surface area contributed by atoms with Gasteiger partial charge in [-0.05, 0) is 25.0 Å². The molecule has 0 saturated heterocycles. The van der Waals surface area contributed by atoms with Gasteiger partial charge in [0.15, 0.2) is 0 Å². The lowest BCUT2D eigenvalue weighted by Gasteiger charge is -2.29. The van der Waals surface area contributed by atoms with Gasteiger partial charge in [-0.1, -0.05) is 6.07 Å². The van der Waals surface area contributed by atoms with Gasteiger partial charge in [-0.3, -0.25) is 4.79 Å². The minimum atomic E-state index is -1.14. The van der Waals surface area contributed by atoms with E-state index in [2.05, 4.69) is 5.32 Å². The monoisotopic (exact) mass is 279 g/mol. The lowest BCUT2D eigenvalue weighted by atomic mass is 9.72. The summed E-state index contributed by atoms with van der Waals surface area (Å²) in [4.78, 5) is 11.1. The molecule has 0 unspecified atom stereocenters. The fourth-order valence-corrected chi connectivity index (χ4v) is 2.24. The molecule has 0 radical (unpaired) electrons. The Kier molecular flexibility index (Phi) is 4.51. The number of phenols is 1. The van der Waals surface area contributed by atoms with E-state index in [1.165, 1.54) is 6.92 Å². The summed E-state index contributed by atoms with van der Waals surface area (Å²) < 4.78 is 10.8. The van der Waals surface area contributed by atoms with Crippen LogP contribution in [0.25, 0.3) is 0 Å². The van der Waals surface area contributed by atoms with Crippen LogP contribution in [0.15, 0.2) is 12.1 Å². The zero-order valence-corrected chi connectivity index (χ0v) is 11.5. The van der Waals surface area contributed by atoms with E-state index in [0.717, 1.165) is 5.56 Å². The first-order valence-corrected chi connectivity index (χ1v) is 6.56. The quantitative estimate of drug-likeness (QED) is 0.694. The number of ether oxygens (including phenoxy) is 1. The Bertz CT molecular complexity index is 508. The van der Waals surface area contributed by atoms with E-state index in [1.807, 2.05) is 6.92 Å². The van der Waals surface area contributed by atoms with Crippen molar-refractivity contribution in [1.82, 2.24) is 5.32 Å². The minimum absolute atomic E-state index is 0.0716. The molecule has 1 aliphatic heterocycles. The SMILES string of the molecule is CCOCc1c(O)ccc2c1OB(O)[C@@H](NC(C)=O)C2. The molecule has 3 N–H and O–H groups in total. The maximum Gasteiger partial charge on any atom is 0.547 e. The minimum Gasteiger partial charge on any atom is -0.534 e. The first kappa shape index (κ1) is 14.7. The number of phenolic OH excluding ortho intramolecular Hbond substituents is 1. The predicted molar refractivity (Wildman–Crippen MR) is 73.3 cm³/mol. The maximum absolute atomic E-state index is 11.1. The van der Waals surface area contributed by atoms with Gasteiger partial charge < -0.3 is 24.8 Å². The Balaban J connectivity index is 2.27. The zero-order valence-electron chi connectivity index (χ0n) is 11.5. The number of carbonyl (C=O) groups excluding carboxylic acids is 1. The van der Waals surface area contributed by atoms with Gasteiger partial charge >= 0.3 is 7.12 Å². The van der Waals surface area contributed by atoms with Gasteiger partial charge in [-0.25, -0.2) is 0 Å². The number of hydrogen-bond acceptors (Lipinski definition) is 5. The maximum atomic E-state index is 11.1. The molecule has 7 heteroatoms. The lowest BCUT2D eigenvalue weighted by molar-refractivity contribution is -0.119. The van der Waals surface area contributed by atoms with Crippen molar-refractivity contribution >= 4 is 13.0 Å². The molecule has 0 spiro atoms. The van der Waals surface area contributed by atoms with Crippen molar-refractivity contribution in [2.45, 2.75) is 32.8 Å². The highest BCUT2D eigenvalue weighted by Gasteiger charge is 2.37. The van der Waals surface area contributed by atoms with Crippen molar-refractivity contribution in [2.75, 3.05) is 6.61 Å². The summed E-state index contributed by atoms with van der Waals surface area (Å²) in [6.45, 7) is 3.97. The van der Waals surface area contributed by atoms with Crippen LogP contribution in [-0.2, 0) is 22.6 Å². The Labute approximate surface area is 117 Å². The molecule has 0 bridgehead atoms. The normalized spacial score (nSPS) is 17.4. The van der Waals surface area contributed by atoms with Gasteiger partial charge in [0, 0.05) is 13.5 Å². The molecule has 6 nitrogen and oxygen atoms in total. The Morgan fingerprint density at radius 1 is 1.60 bits per heavy atom. The highest BCUT2D eigenvalue weighted by molar-refractivity contribution is 6.46. The zero-order chi connectivity index (χ0) is 14.7. The third-order valence-electron chi connectivity index (χ3n) is 3.18. The molecule has 0 saturated carbocycles. The lowest BCUT2D eigenvalue weighted by Crippen LogP contribution is -2.52. The van der Waals surface area contributed by atoms with E-state index < -0.39 is 13.1 Å². The number of hydrogen-bond donors (Lipinski definition) is 3. The molecule has 1 amide bonds. The average Bonchev–Trinajstić information content (AvgIpc) is 2.39. The van der Waals surface area contributed by atoms with Crippen LogP contribution in [-0.4, -0.2) is 35.7 Å². The van der Waals surface area contributed by atoms with Gasteiger partial charge in [-0.15, -0.1) is 0 Å². The standard InChI is InChI=1S/C13H18BNO5/c1-3-19-7-10-11(17)5-4-9-6-12(15-8(2)16)14(18)20-13(9)10/h4-5,12,17-18H,3,6-7H2,1-2H3,(H,15,16)/t12-/m0/s1. The van der Waals surface area contributed by atoms with Gasteiger partial charge in [-0.2, -0.15) is 0 Å². The fourth-order valence-electron chi connectivity index (χ4n) is 2.24. The summed E-state index contributed by atoms with van der Waals surface area (Å²) in [5.41, 5.74) is 1.34. The molecule has 1 heterocycles. The van der Waals surface area contributed by atoms with E-state index >= 15 is 0 Å². The fraction of sp³-hybridized carbons (Fsp3) is 0.462. The van der Waals surface area contributed by atoms with Crippen LogP contribution >= 0.6 is 0 Å². The van der Waals surface area contributed by atoms with Crippen LogP contribution in [0.3, 0.4) is 0 Å². The molecule has 2 rings (SSSR count). The summed E-state index contributed by atoms with van der Waals surface area (Å²) >= 11 is 0. The Morgan fingerprint density at radius 3 is 3.00 bits per heavy atom. The highest BCUT2D eigenvalue weighted by atomic mass is 16.5. The summed E-state index contributed by atoms with van der Waals surface area (Å²) in [6, 6.07) is 3.29. The largest absolute Gasteiger partial charge is 0.547 e. The third-order valence-corrected chi connectivity index (χ3v) is 3.18. The Morgan fingerprint density at radius 2 is 2.35 bits per heavy atom.